The highest BCUT2D eigenvalue weighted by atomic mass is 16.5. The fourth-order valence-electron chi connectivity index (χ4n) is 3.28. The van der Waals surface area contributed by atoms with Gasteiger partial charge in [0.1, 0.15) is 18.6 Å². The van der Waals surface area contributed by atoms with Gasteiger partial charge in [-0.05, 0) is 25.5 Å². The molecule has 1 aliphatic rings. The Morgan fingerprint density at radius 1 is 1.52 bits per heavy atom. The fourth-order valence-corrected chi connectivity index (χ4v) is 3.28. The van der Waals surface area contributed by atoms with E-state index in [0.29, 0.717) is 12.3 Å². The molecule has 3 heterocycles. The predicted molar refractivity (Wildman–Crippen MR) is 88.6 cm³/mol. The Morgan fingerprint density at radius 2 is 2.36 bits per heavy atom. The summed E-state index contributed by atoms with van der Waals surface area (Å²) in [6, 6.07) is 3.34. The first-order valence-corrected chi connectivity index (χ1v) is 8.18. The van der Waals surface area contributed by atoms with Crippen LogP contribution < -0.4 is 10.2 Å². The van der Waals surface area contributed by atoms with E-state index >= 15 is 0 Å². The van der Waals surface area contributed by atoms with Gasteiger partial charge in [-0.1, -0.05) is 0 Å². The van der Waals surface area contributed by atoms with Crippen LogP contribution in [-0.2, 0) is 17.9 Å². The maximum absolute atomic E-state index is 11.8. The lowest BCUT2D eigenvalue weighted by atomic mass is 9.94. The summed E-state index contributed by atoms with van der Waals surface area (Å²) in [4.78, 5) is 25.0. The predicted octanol–water partition coefficient (Wildman–Crippen LogP) is 1.31. The smallest absolute Gasteiger partial charge is 0.325 e. The molecule has 25 heavy (non-hydrogen) atoms. The monoisotopic (exact) mass is 347 g/mol. The van der Waals surface area contributed by atoms with Crippen molar-refractivity contribution < 1.29 is 19.1 Å². The lowest BCUT2D eigenvalue weighted by Crippen LogP contribution is -2.35. The molecule has 0 radical (unpaired) electrons. The van der Waals surface area contributed by atoms with Crippen molar-refractivity contribution in [3.05, 3.63) is 46.3 Å². The van der Waals surface area contributed by atoms with Gasteiger partial charge in [0, 0.05) is 30.4 Å². The van der Waals surface area contributed by atoms with E-state index in [2.05, 4.69) is 10.00 Å². The molecule has 0 bridgehead atoms. The highest BCUT2D eigenvalue weighted by Gasteiger charge is 2.25. The lowest BCUT2D eigenvalue weighted by molar-refractivity contribution is -0.137. The average Bonchev–Trinajstić information content (AvgIpc) is 3.03. The van der Waals surface area contributed by atoms with E-state index in [9.17, 15) is 9.59 Å². The van der Waals surface area contributed by atoms with Crippen LogP contribution in [0.2, 0.25) is 0 Å². The normalized spacial score (nSPS) is 18.2. The van der Waals surface area contributed by atoms with E-state index in [1.807, 2.05) is 6.07 Å². The number of rotatable bonds is 6. The minimum atomic E-state index is -0.905. The van der Waals surface area contributed by atoms with Crippen molar-refractivity contribution >= 4 is 5.97 Å². The third-order valence-electron chi connectivity index (χ3n) is 4.41. The first kappa shape index (κ1) is 17.2. The molecule has 1 atom stereocenters. The number of carboxylic acids is 1. The van der Waals surface area contributed by atoms with E-state index in [-0.39, 0.29) is 23.6 Å². The molecular weight excluding hydrogens is 326 g/mol. The van der Waals surface area contributed by atoms with Crippen molar-refractivity contribution in [2.45, 2.75) is 31.8 Å². The van der Waals surface area contributed by atoms with Gasteiger partial charge in [-0.3, -0.25) is 19.2 Å². The van der Waals surface area contributed by atoms with Crippen LogP contribution in [0.1, 0.15) is 30.2 Å². The SMILES string of the molecule is COc1coc(CN2CCC[C@H](c3ccnn3CC(=O)O)C2)cc1=O. The molecule has 134 valence electrons. The molecule has 8 nitrogen and oxygen atoms in total. The van der Waals surface area contributed by atoms with Crippen LogP contribution in [-0.4, -0.2) is 46.0 Å². The molecule has 1 fully saturated rings. The number of aliphatic carboxylic acids is 1. The lowest BCUT2D eigenvalue weighted by Gasteiger charge is -2.32. The van der Waals surface area contributed by atoms with Crippen LogP contribution in [0, 0.1) is 0 Å². The number of carboxylic acid groups (broad SMARTS) is 1. The van der Waals surface area contributed by atoms with Crippen LogP contribution in [0.15, 0.2) is 33.8 Å². The van der Waals surface area contributed by atoms with E-state index in [0.717, 1.165) is 31.6 Å². The second kappa shape index (κ2) is 7.52. The number of carbonyl (C=O) groups is 1. The van der Waals surface area contributed by atoms with Crippen molar-refractivity contribution in [2.24, 2.45) is 0 Å². The minimum absolute atomic E-state index is 0.133. The quantitative estimate of drug-likeness (QED) is 0.841. The Morgan fingerprint density at radius 3 is 3.08 bits per heavy atom. The van der Waals surface area contributed by atoms with Gasteiger partial charge < -0.3 is 14.3 Å². The molecule has 2 aromatic heterocycles. The van der Waals surface area contributed by atoms with Gasteiger partial charge in [0.2, 0.25) is 11.2 Å². The average molecular weight is 347 g/mol. The molecule has 0 amide bonds. The number of nitrogens with zero attached hydrogens (tertiary/aromatic N) is 3. The van der Waals surface area contributed by atoms with E-state index in [4.69, 9.17) is 14.3 Å². The van der Waals surface area contributed by atoms with Gasteiger partial charge >= 0.3 is 5.97 Å². The molecule has 0 aliphatic carbocycles. The summed E-state index contributed by atoms with van der Waals surface area (Å²) in [7, 11) is 1.43. The van der Waals surface area contributed by atoms with Crippen LogP contribution in [0.25, 0.3) is 0 Å². The summed E-state index contributed by atoms with van der Waals surface area (Å²) in [6.07, 6.45) is 4.94. The molecule has 3 rings (SSSR count). The summed E-state index contributed by atoms with van der Waals surface area (Å²) < 4.78 is 11.9. The minimum Gasteiger partial charge on any atom is -0.490 e. The largest absolute Gasteiger partial charge is 0.490 e. The van der Waals surface area contributed by atoms with Crippen molar-refractivity contribution in [2.75, 3.05) is 20.2 Å². The Balaban J connectivity index is 1.69. The number of aromatic nitrogens is 2. The first-order valence-electron chi connectivity index (χ1n) is 8.18. The maximum Gasteiger partial charge on any atom is 0.325 e. The molecular formula is C17H21N3O5. The van der Waals surface area contributed by atoms with Crippen LogP contribution in [0.3, 0.4) is 0 Å². The molecule has 8 heteroatoms. The molecule has 1 aliphatic heterocycles. The fraction of sp³-hybridized carbons (Fsp3) is 0.471. The van der Waals surface area contributed by atoms with Gasteiger partial charge in [0.05, 0.1) is 13.7 Å². The van der Waals surface area contributed by atoms with Crippen LogP contribution in [0.4, 0.5) is 0 Å². The number of methoxy groups -OCH3 is 1. The molecule has 1 N–H and O–H groups in total. The Kier molecular flexibility index (Phi) is 5.18. The van der Waals surface area contributed by atoms with Gasteiger partial charge in [-0.25, -0.2) is 0 Å². The highest BCUT2D eigenvalue weighted by molar-refractivity contribution is 5.66. The molecule has 0 unspecified atom stereocenters. The zero-order valence-corrected chi connectivity index (χ0v) is 14.1. The third-order valence-corrected chi connectivity index (χ3v) is 4.41. The van der Waals surface area contributed by atoms with Crippen molar-refractivity contribution in [3.63, 3.8) is 0 Å². The molecule has 0 aromatic carbocycles. The number of piperidine rings is 1. The summed E-state index contributed by atoms with van der Waals surface area (Å²) in [5.41, 5.74) is 0.736. The molecule has 0 spiro atoms. The van der Waals surface area contributed by atoms with E-state index in [1.54, 1.807) is 10.9 Å². The van der Waals surface area contributed by atoms with Gasteiger partial charge in [0.25, 0.3) is 0 Å². The standard InChI is InChI=1S/C17H21N3O5/c1-24-16-11-25-13(7-15(16)21)9-19-6-2-3-12(8-19)14-4-5-18-20(14)10-17(22)23/h4-5,7,11-12H,2-3,6,8-10H2,1H3,(H,22,23)/t12-/m0/s1. The summed E-state index contributed by atoms with van der Waals surface area (Å²) in [5.74, 6) is 0.0848. The van der Waals surface area contributed by atoms with Crippen molar-refractivity contribution in [1.29, 1.82) is 0 Å². The Labute approximate surface area is 144 Å². The summed E-state index contributed by atoms with van der Waals surface area (Å²) in [6.45, 7) is 2.06. The van der Waals surface area contributed by atoms with Crippen LogP contribution in [0.5, 0.6) is 5.75 Å². The Bertz CT molecular complexity index is 798. The number of ether oxygens (including phenoxy) is 1. The maximum atomic E-state index is 11.8. The second-order valence-electron chi connectivity index (χ2n) is 6.16. The second-order valence-corrected chi connectivity index (χ2v) is 6.16. The van der Waals surface area contributed by atoms with Gasteiger partial charge in [-0.2, -0.15) is 5.10 Å². The number of hydrogen-bond acceptors (Lipinski definition) is 6. The summed E-state index contributed by atoms with van der Waals surface area (Å²) >= 11 is 0. The van der Waals surface area contributed by atoms with Crippen LogP contribution >= 0.6 is 0 Å². The van der Waals surface area contributed by atoms with E-state index in [1.165, 1.54) is 19.4 Å². The third kappa shape index (κ3) is 4.08. The van der Waals surface area contributed by atoms with Gasteiger partial charge in [-0.15, -0.1) is 0 Å². The van der Waals surface area contributed by atoms with Crippen molar-refractivity contribution in [3.8, 4) is 5.75 Å². The topological polar surface area (TPSA) is 97.8 Å². The van der Waals surface area contributed by atoms with Crippen molar-refractivity contribution in [1.82, 2.24) is 14.7 Å². The zero-order chi connectivity index (χ0) is 17.8. The van der Waals surface area contributed by atoms with E-state index < -0.39 is 5.97 Å². The summed E-state index contributed by atoms with van der Waals surface area (Å²) in [5, 5.41) is 13.1. The first-order chi connectivity index (χ1) is 12.1. The molecule has 2 aromatic rings. The Hall–Kier alpha value is -2.61. The zero-order valence-electron chi connectivity index (χ0n) is 14.1. The number of likely N-dealkylation sites (tertiary alicyclic amines) is 1. The molecule has 0 saturated carbocycles. The highest BCUT2D eigenvalue weighted by Crippen LogP contribution is 2.27. The number of hydrogen-bond donors (Lipinski definition) is 1. The van der Waals surface area contributed by atoms with Gasteiger partial charge in [0.15, 0.2) is 0 Å². The molecule has 1 saturated heterocycles.